The number of pyridine rings is 1. The molecule has 0 saturated heterocycles. The van der Waals surface area contributed by atoms with E-state index in [0.717, 1.165) is 32.2 Å². The van der Waals surface area contributed by atoms with Crippen LogP contribution in [0.15, 0.2) is 85.2 Å². The van der Waals surface area contributed by atoms with Crippen molar-refractivity contribution in [2.45, 2.75) is 31.1 Å². The first kappa shape index (κ1) is 18.4. The molecule has 1 amide bonds. The first-order valence-corrected chi connectivity index (χ1v) is 10.1. The van der Waals surface area contributed by atoms with E-state index in [4.69, 9.17) is 0 Å². The zero-order chi connectivity index (χ0) is 19.2. The lowest BCUT2D eigenvalue weighted by Gasteiger charge is -2.19. The fraction of sp³-hybridized carbons (Fsp3) is 0.280. The first-order chi connectivity index (χ1) is 13.8. The second-order valence-electron chi connectivity index (χ2n) is 7.57. The summed E-state index contributed by atoms with van der Waals surface area (Å²) in [5.41, 5.74) is 3.54. The topological polar surface area (TPSA) is 42.0 Å². The molecule has 1 aliphatic carbocycles. The highest BCUT2D eigenvalue weighted by Crippen LogP contribution is 2.58. The highest BCUT2D eigenvalue weighted by atomic mass is 16.2. The van der Waals surface area contributed by atoms with Gasteiger partial charge in [-0.15, -0.1) is 0 Å². The first-order valence-electron chi connectivity index (χ1n) is 10.1. The van der Waals surface area contributed by atoms with Crippen LogP contribution in [-0.2, 0) is 16.6 Å². The Labute approximate surface area is 166 Å². The van der Waals surface area contributed by atoms with Crippen molar-refractivity contribution in [2.24, 2.45) is 5.92 Å². The molecule has 0 aliphatic heterocycles. The Morgan fingerprint density at radius 1 is 0.929 bits per heavy atom. The minimum absolute atomic E-state index is 0.00984. The molecule has 142 valence electrons. The predicted molar refractivity (Wildman–Crippen MR) is 112 cm³/mol. The van der Waals surface area contributed by atoms with Crippen LogP contribution in [0.4, 0.5) is 0 Å². The summed E-state index contributed by atoms with van der Waals surface area (Å²) in [6, 6.07) is 25.0. The number of unbranched alkanes of at least 4 members (excludes halogenated alkanes) is 1. The number of aromatic nitrogens is 1. The van der Waals surface area contributed by atoms with Gasteiger partial charge in [0.05, 0.1) is 5.92 Å². The van der Waals surface area contributed by atoms with Gasteiger partial charge in [0, 0.05) is 24.4 Å². The van der Waals surface area contributed by atoms with Gasteiger partial charge in [-0.2, -0.15) is 0 Å². The normalized spacial score (nSPS) is 17.1. The van der Waals surface area contributed by atoms with Gasteiger partial charge in [-0.1, -0.05) is 66.7 Å². The number of benzene rings is 2. The molecule has 2 aromatic carbocycles. The van der Waals surface area contributed by atoms with Crippen LogP contribution in [0, 0.1) is 5.92 Å². The number of aryl methyl sites for hydroxylation is 1. The Balaban J connectivity index is 1.35. The maximum atomic E-state index is 12.9. The maximum Gasteiger partial charge on any atom is 0.224 e. The summed E-state index contributed by atoms with van der Waals surface area (Å²) >= 11 is 0. The zero-order valence-corrected chi connectivity index (χ0v) is 16.1. The van der Waals surface area contributed by atoms with Crippen molar-refractivity contribution in [3.8, 4) is 0 Å². The van der Waals surface area contributed by atoms with E-state index < -0.39 is 0 Å². The Morgan fingerprint density at radius 2 is 1.61 bits per heavy atom. The molecule has 1 N–H and O–H groups in total. The third-order valence-corrected chi connectivity index (χ3v) is 5.77. The molecule has 1 aromatic heterocycles. The highest BCUT2D eigenvalue weighted by molar-refractivity contribution is 5.86. The lowest BCUT2D eigenvalue weighted by molar-refractivity contribution is -0.122. The second kappa shape index (κ2) is 8.39. The Hall–Kier alpha value is -2.94. The molecule has 3 nitrogen and oxygen atoms in total. The SMILES string of the molecule is O=C(NCCCCc1cccnc1)C1CC1(c1ccccc1)c1ccccc1. The third-order valence-electron chi connectivity index (χ3n) is 5.77. The van der Waals surface area contributed by atoms with Crippen LogP contribution in [0.25, 0.3) is 0 Å². The summed E-state index contributed by atoms with van der Waals surface area (Å²) in [7, 11) is 0. The average Bonchev–Trinajstić information content (AvgIpc) is 3.53. The van der Waals surface area contributed by atoms with Crippen LogP contribution in [-0.4, -0.2) is 17.4 Å². The van der Waals surface area contributed by atoms with Gasteiger partial charge in [-0.25, -0.2) is 0 Å². The Kier molecular flexibility index (Phi) is 5.52. The molecule has 1 heterocycles. The number of carbonyl (C=O) groups excluding carboxylic acids is 1. The van der Waals surface area contributed by atoms with Gasteiger partial charge in [0.2, 0.25) is 5.91 Å². The zero-order valence-electron chi connectivity index (χ0n) is 16.1. The van der Waals surface area contributed by atoms with Crippen molar-refractivity contribution in [1.82, 2.24) is 10.3 Å². The number of nitrogens with zero attached hydrogens (tertiary/aromatic N) is 1. The molecular formula is C25H26N2O. The maximum absolute atomic E-state index is 12.9. The monoisotopic (exact) mass is 370 g/mol. The summed E-state index contributed by atoms with van der Waals surface area (Å²) in [5.74, 6) is 0.185. The van der Waals surface area contributed by atoms with E-state index in [0.29, 0.717) is 0 Å². The van der Waals surface area contributed by atoms with E-state index in [-0.39, 0.29) is 17.2 Å². The van der Waals surface area contributed by atoms with Crippen LogP contribution in [0.2, 0.25) is 0 Å². The molecule has 0 spiro atoms. The molecule has 0 radical (unpaired) electrons. The Bertz CT molecular complexity index is 854. The molecule has 4 rings (SSSR count). The Morgan fingerprint density at radius 3 is 2.21 bits per heavy atom. The van der Waals surface area contributed by atoms with E-state index in [9.17, 15) is 4.79 Å². The quantitative estimate of drug-likeness (QED) is 0.592. The van der Waals surface area contributed by atoms with Crippen molar-refractivity contribution in [3.63, 3.8) is 0 Å². The number of nitrogens with one attached hydrogen (secondary N) is 1. The largest absolute Gasteiger partial charge is 0.356 e. The number of carbonyl (C=O) groups is 1. The van der Waals surface area contributed by atoms with E-state index in [1.54, 1.807) is 6.20 Å². The molecule has 1 unspecified atom stereocenters. The van der Waals surface area contributed by atoms with Gasteiger partial charge in [0.15, 0.2) is 0 Å². The fourth-order valence-electron chi connectivity index (χ4n) is 4.19. The van der Waals surface area contributed by atoms with E-state index >= 15 is 0 Å². The van der Waals surface area contributed by atoms with Crippen LogP contribution in [0.5, 0.6) is 0 Å². The molecule has 1 saturated carbocycles. The summed E-state index contributed by atoms with van der Waals surface area (Å²) in [6.07, 6.45) is 7.63. The van der Waals surface area contributed by atoms with Crippen LogP contribution in [0.3, 0.4) is 0 Å². The van der Waals surface area contributed by atoms with Gasteiger partial charge >= 0.3 is 0 Å². The van der Waals surface area contributed by atoms with Crippen LogP contribution >= 0.6 is 0 Å². The molecule has 28 heavy (non-hydrogen) atoms. The van der Waals surface area contributed by atoms with Gasteiger partial charge < -0.3 is 5.32 Å². The highest BCUT2D eigenvalue weighted by Gasteiger charge is 2.59. The van der Waals surface area contributed by atoms with E-state index in [1.807, 2.05) is 24.4 Å². The van der Waals surface area contributed by atoms with Crippen molar-refractivity contribution < 1.29 is 4.79 Å². The number of hydrogen-bond acceptors (Lipinski definition) is 2. The molecular weight excluding hydrogens is 344 g/mol. The van der Waals surface area contributed by atoms with Crippen LogP contribution < -0.4 is 5.32 Å². The molecule has 1 atom stereocenters. The van der Waals surface area contributed by atoms with Crippen LogP contribution in [0.1, 0.15) is 36.0 Å². The summed E-state index contributed by atoms with van der Waals surface area (Å²) < 4.78 is 0. The second-order valence-corrected chi connectivity index (χ2v) is 7.57. The minimum Gasteiger partial charge on any atom is -0.356 e. The predicted octanol–water partition coefficient (Wildman–Crippen LogP) is 4.53. The summed E-state index contributed by atoms with van der Waals surface area (Å²) in [5, 5.41) is 3.17. The number of hydrogen-bond donors (Lipinski definition) is 1. The van der Waals surface area contributed by atoms with E-state index in [2.05, 4.69) is 64.9 Å². The van der Waals surface area contributed by atoms with Crippen molar-refractivity contribution in [1.29, 1.82) is 0 Å². The van der Waals surface area contributed by atoms with Crippen molar-refractivity contribution in [3.05, 3.63) is 102 Å². The third kappa shape index (κ3) is 3.84. The van der Waals surface area contributed by atoms with Gasteiger partial charge in [0.1, 0.15) is 0 Å². The number of rotatable bonds is 8. The minimum atomic E-state index is -0.178. The van der Waals surface area contributed by atoms with Crippen molar-refractivity contribution >= 4 is 5.91 Å². The van der Waals surface area contributed by atoms with Gasteiger partial charge in [0.25, 0.3) is 0 Å². The molecule has 3 heteroatoms. The summed E-state index contributed by atoms with van der Waals surface area (Å²) in [4.78, 5) is 17.0. The smallest absolute Gasteiger partial charge is 0.224 e. The lowest BCUT2D eigenvalue weighted by Crippen LogP contribution is -2.29. The summed E-state index contributed by atoms with van der Waals surface area (Å²) in [6.45, 7) is 0.731. The lowest BCUT2D eigenvalue weighted by atomic mass is 9.85. The average molecular weight is 370 g/mol. The fourth-order valence-corrected chi connectivity index (χ4v) is 4.19. The number of amides is 1. The molecule has 1 aliphatic rings. The van der Waals surface area contributed by atoms with Gasteiger partial charge in [-0.3, -0.25) is 9.78 Å². The molecule has 0 bridgehead atoms. The molecule has 1 fully saturated rings. The standard InChI is InChI=1S/C25H26N2O/c28-24(27-17-8-7-10-20-11-9-16-26-19-20)23-18-25(23,21-12-3-1-4-13-21)22-14-5-2-6-15-22/h1-6,9,11-16,19,23H,7-8,10,17-18H2,(H,27,28). The van der Waals surface area contributed by atoms with Crippen molar-refractivity contribution in [2.75, 3.05) is 6.54 Å². The van der Waals surface area contributed by atoms with Gasteiger partial charge in [-0.05, 0) is 48.4 Å². The van der Waals surface area contributed by atoms with E-state index in [1.165, 1.54) is 16.7 Å². The molecule has 3 aromatic rings.